The summed E-state index contributed by atoms with van der Waals surface area (Å²) >= 11 is 0. The molecular weight excluding hydrogens is 166 g/mol. The average Bonchev–Trinajstić information content (AvgIpc) is 2.08. The number of hydrogen-bond donors (Lipinski definition) is 1. The summed E-state index contributed by atoms with van der Waals surface area (Å²) in [6, 6.07) is 7.66. The summed E-state index contributed by atoms with van der Waals surface area (Å²) in [6.45, 7) is 1.91. The van der Waals surface area contributed by atoms with Gasteiger partial charge in [-0.05, 0) is 39.2 Å². The third-order valence-electron chi connectivity index (χ3n) is 1.83. The maximum atomic E-state index is 9.38. The van der Waals surface area contributed by atoms with Crippen LogP contribution in [0.4, 0.5) is 0 Å². The van der Waals surface area contributed by atoms with E-state index in [1.54, 1.807) is 18.2 Å². The van der Waals surface area contributed by atoms with Crippen LogP contribution in [0.15, 0.2) is 18.2 Å². The molecule has 1 radical (unpaired) electrons. The third kappa shape index (κ3) is 2.63. The number of rotatable bonds is 3. The molecule has 1 aromatic carbocycles. The molecule has 1 N–H and O–H groups in total. The van der Waals surface area contributed by atoms with Gasteiger partial charge in [-0.1, -0.05) is 6.07 Å². The Morgan fingerprint density at radius 3 is 2.77 bits per heavy atom. The number of phenolic OH excluding ortho intramolecular Hbond substituents is 1. The summed E-state index contributed by atoms with van der Waals surface area (Å²) in [5, 5.41) is 9.38. The van der Waals surface area contributed by atoms with Crippen molar-refractivity contribution in [1.82, 2.24) is 4.90 Å². The monoisotopic (exact) mass is 180 g/mol. The van der Waals surface area contributed by atoms with Crippen LogP contribution in [0.25, 0.3) is 0 Å². The molecule has 71 valence electrons. The van der Waals surface area contributed by atoms with Crippen molar-refractivity contribution < 1.29 is 9.84 Å². The quantitative estimate of drug-likeness (QED) is 0.715. The Labute approximate surface area is 78.6 Å². The van der Waals surface area contributed by atoms with Gasteiger partial charge in [0.2, 0.25) is 0 Å². The van der Waals surface area contributed by atoms with E-state index < -0.39 is 0 Å². The van der Waals surface area contributed by atoms with Gasteiger partial charge in [-0.15, -0.1) is 0 Å². The maximum absolute atomic E-state index is 9.38. The Balaban J connectivity index is 2.69. The highest BCUT2D eigenvalue weighted by molar-refractivity contribution is 5.37. The molecule has 1 atom stereocenters. The highest BCUT2D eigenvalue weighted by atomic mass is 16.5. The van der Waals surface area contributed by atoms with Crippen LogP contribution in [0.1, 0.15) is 6.92 Å². The fraction of sp³-hybridized carbons (Fsp3) is 0.400. The summed E-state index contributed by atoms with van der Waals surface area (Å²) in [4.78, 5) is 1.91. The van der Waals surface area contributed by atoms with Crippen molar-refractivity contribution in [2.24, 2.45) is 0 Å². The molecule has 0 aromatic heterocycles. The SMILES string of the molecule is CC(Oc1c[c]ccc1O)N(C)C. The fourth-order valence-electron chi connectivity index (χ4n) is 0.790. The second kappa shape index (κ2) is 4.14. The number of aromatic hydroxyl groups is 1. The highest BCUT2D eigenvalue weighted by Gasteiger charge is 2.08. The van der Waals surface area contributed by atoms with Gasteiger partial charge in [0, 0.05) is 0 Å². The van der Waals surface area contributed by atoms with Gasteiger partial charge in [-0.3, -0.25) is 4.90 Å². The molecule has 0 aliphatic carbocycles. The van der Waals surface area contributed by atoms with Gasteiger partial charge in [-0.2, -0.15) is 0 Å². The molecule has 13 heavy (non-hydrogen) atoms. The summed E-state index contributed by atoms with van der Waals surface area (Å²) in [7, 11) is 3.82. The van der Waals surface area contributed by atoms with Crippen LogP contribution in [-0.2, 0) is 0 Å². The Morgan fingerprint density at radius 2 is 2.23 bits per heavy atom. The smallest absolute Gasteiger partial charge is 0.163 e. The Kier molecular flexibility index (Phi) is 3.14. The molecule has 1 aromatic rings. The van der Waals surface area contributed by atoms with E-state index in [1.165, 1.54) is 0 Å². The number of hydrogen-bond acceptors (Lipinski definition) is 3. The van der Waals surface area contributed by atoms with Gasteiger partial charge >= 0.3 is 0 Å². The lowest BCUT2D eigenvalue weighted by Crippen LogP contribution is -2.30. The van der Waals surface area contributed by atoms with Crippen molar-refractivity contribution in [3.05, 3.63) is 24.3 Å². The van der Waals surface area contributed by atoms with Gasteiger partial charge in [-0.25, -0.2) is 0 Å². The molecule has 0 heterocycles. The van der Waals surface area contributed by atoms with E-state index in [4.69, 9.17) is 4.74 Å². The zero-order valence-corrected chi connectivity index (χ0v) is 8.11. The molecule has 0 amide bonds. The molecule has 0 bridgehead atoms. The topological polar surface area (TPSA) is 32.7 Å². The van der Waals surface area contributed by atoms with Gasteiger partial charge in [0.25, 0.3) is 0 Å². The molecule has 0 spiro atoms. The first-order valence-electron chi connectivity index (χ1n) is 4.13. The van der Waals surface area contributed by atoms with Crippen LogP contribution in [0.5, 0.6) is 11.5 Å². The second-order valence-corrected chi connectivity index (χ2v) is 3.07. The second-order valence-electron chi connectivity index (χ2n) is 3.07. The first kappa shape index (κ1) is 9.86. The van der Waals surface area contributed by atoms with E-state index in [2.05, 4.69) is 6.07 Å². The minimum atomic E-state index is -0.0679. The molecule has 0 aliphatic rings. The van der Waals surface area contributed by atoms with Gasteiger partial charge in [0.05, 0.1) is 0 Å². The predicted molar refractivity (Wildman–Crippen MR) is 50.7 cm³/mol. The van der Waals surface area contributed by atoms with E-state index in [9.17, 15) is 5.11 Å². The zero-order chi connectivity index (χ0) is 9.84. The van der Waals surface area contributed by atoms with Crippen molar-refractivity contribution in [3.63, 3.8) is 0 Å². The highest BCUT2D eigenvalue weighted by Crippen LogP contribution is 2.25. The molecule has 0 aliphatic heterocycles. The van der Waals surface area contributed by atoms with E-state index >= 15 is 0 Å². The van der Waals surface area contributed by atoms with Crippen LogP contribution in [0.3, 0.4) is 0 Å². The van der Waals surface area contributed by atoms with Crippen LogP contribution >= 0.6 is 0 Å². The zero-order valence-electron chi connectivity index (χ0n) is 8.11. The lowest BCUT2D eigenvalue weighted by atomic mass is 10.3. The van der Waals surface area contributed by atoms with Crippen molar-refractivity contribution in [3.8, 4) is 11.5 Å². The van der Waals surface area contributed by atoms with Crippen molar-refractivity contribution >= 4 is 0 Å². The van der Waals surface area contributed by atoms with E-state index in [0.717, 1.165) is 0 Å². The van der Waals surface area contributed by atoms with Gasteiger partial charge in [0.15, 0.2) is 11.5 Å². The Bertz CT molecular complexity index is 273. The minimum absolute atomic E-state index is 0.0679. The Hall–Kier alpha value is -1.22. The molecule has 0 saturated carbocycles. The Morgan fingerprint density at radius 1 is 1.54 bits per heavy atom. The predicted octanol–water partition coefficient (Wildman–Crippen LogP) is 1.48. The summed E-state index contributed by atoms with van der Waals surface area (Å²) in [5.74, 6) is 0.608. The number of ether oxygens (including phenoxy) is 1. The molecule has 0 fully saturated rings. The van der Waals surface area contributed by atoms with Crippen LogP contribution in [-0.4, -0.2) is 30.3 Å². The van der Waals surface area contributed by atoms with E-state index in [0.29, 0.717) is 5.75 Å². The van der Waals surface area contributed by atoms with Crippen molar-refractivity contribution in [2.45, 2.75) is 13.2 Å². The molecular formula is C10H14NO2. The molecule has 1 rings (SSSR count). The largest absolute Gasteiger partial charge is 0.504 e. The van der Waals surface area contributed by atoms with Gasteiger partial charge in [0.1, 0.15) is 6.23 Å². The standard InChI is InChI=1S/C10H14NO2/c1-8(11(2)3)13-10-7-5-4-6-9(10)12/h4,6-8,12H,1-3H3. The third-order valence-corrected chi connectivity index (χ3v) is 1.83. The maximum Gasteiger partial charge on any atom is 0.163 e. The summed E-state index contributed by atoms with van der Waals surface area (Å²) in [6.07, 6.45) is -0.0679. The minimum Gasteiger partial charge on any atom is -0.504 e. The molecule has 3 nitrogen and oxygen atoms in total. The average molecular weight is 180 g/mol. The van der Waals surface area contributed by atoms with Crippen molar-refractivity contribution in [1.29, 1.82) is 0 Å². The van der Waals surface area contributed by atoms with Crippen LogP contribution in [0, 0.1) is 6.07 Å². The van der Waals surface area contributed by atoms with Crippen LogP contribution in [0.2, 0.25) is 0 Å². The molecule has 1 unspecified atom stereocenters. The fourth-order valence-corrected chi connectivity index (χ4v) is 0.790. The van der Waals surface area contributed by atoms with Crippen molar-refractivity contribution in [2.75, 3.05) is 14.1 Å². The number of nitrogens with zero attached hydrogens (tertiary/aromatic N) is 1. The number of benzene rings is 1. The summed E-state index contributed by atoms with van der Waals surface area (Å²) in [5.41, 5.74) is 0. The van der Waals surface area contributed by atoms with Gasteiger partial charge < -0.3 is 9.84 Å². The van der Waals surface area contributed by atoms with Crippen LogP contribution < -0.4 is 4.74 Å². The lowest BCUT2D eigenvalue weighted by molar-refractivity contribution is 0.0786. The summed E-state index contributed by atoms with van der Waals surface area (Å²) < 4.78 is 5.45. The normalized spacial score (nSPS) is 12.9. The van der Waals surface area contributed by atoms with E-state index in [-0.39, 0.29) is 12.0 Å². The molecule has 0 saturated heterocycles. The first-order valence-corrected chi connectivity index (χ1v) is 4.13. The first-order chi connectivity index (χ1) is 6.11. The lowest BCUT2D eigenvalue weighted by Gasteiger charge is -2.21. The van der Waals surface area contributed by atoms with E-state index in [1.807, 2.05) is 25.9 Å². The molecule has 3 heteroatoms. The number of phenols is 1.